The molecule has 0 atom stereocenters. The average molecular weight is 482 g/mol. The Kier molecular flexibility index (Phi) is 5.59. The van der Waals surface area contributed by atoms with E-state index in [4.69, 9.17) is 0 Å². The fraction of sp³-hybridized carbons (Fsp3) is 0.357. The van der Waals surface area contributed by atoms with Gasteiger partial charge in [0.1, 0.15) is 17.7 Å². The minimum absolute atomic E-state index is 0.0132. The maximum atomic E-state index is 13.1. The Morgan fingerprint density at radius 3 is 2.42 bits per heavy atom. The largest absolute Gasteiger partial charge is 0.356 e. The van der Waals surface area contributed by atoms with Gasteiger partial charge in [-0.3, -0.25) is 14.0 Å². The SMILES string of the molecule is CC1CC(c2nncn2C)C1.Cn1cc(-c2c[nH]c3c(=O)n(-c4ccccc4)cc(C4CC4)c23)cn1. The first-order valence-electron chi connectivity index (χ1n) is 12.6. The topological polar surface area (TPSA) is 86.3 Å². The van der Waals surface area contributed by atoms with Crippen molar-refractivity contribution < 1.29 is 0 Å². The molecule has 7 rings (SSSR count). The molecular formula is C28H31N7O. The van der Waals surface area contributed by atoms with Crippen LogP contribution in [0, 0.1) is 5.92 Å². The highest BCUT2D eigenvalue weighted by molar-refractivity contribution is 5.98. The van der Waals surface area contributed by atoms with Crippen LogP contribution in [0.1, 0.15) is 55.8 Å². The normalized spacial score (nSPS) is 19.1. The summed E-state index contributed by atoms with van der Waals surface area (Å²) in [6.45, 7) is 2.28. The molecule has 0 radical (unpaired) electrons. The van der Waals surface area contributed by atoms with E-state index in [0.29, 0.717) is 17.4 Å². The van der Waals surface area contributed by atoms with Crippen LogP contribution in [0.15, 0.2) is 66.2 Å². The Morgan fingerprint density at radius 1 is 1.03 bits per heavy atom. The lowest BCUT2D eigenvalue weighted by Crippen LogP contribution is -2.21. The summed E-state index contributed by atoms with van der Waals surface area (Å²) >= 11 is 0. The number of hydrogen-bond acceptors (Lipinski definition) is 4. The number of rotatable bonds is 4. The molecule has 1 N–H and O–H groups in total. The van der Waals surface area contributed by atoms with Crippen molar-refractivity contribution in [2.75, 3.05) is 0 Å². The van der Waals surface area contributed by atoms with Crippen molar-refractivity contribution in [3.05, 3.63) is 83.2 Å². The number of aryl methyl sites for hydroxylation is 2. The molecule has 2 aliphatic carbocycles. The van der Waals surface area contributed by atoms with Gasteiger partial charge in [0.05, 0.1) is 6.20 Å². The summed E-state index contributed by atoms with van der Waals surface area (Å²) < 4.78 is 5.58. The Morgan fingerprint density at radius 2 is 1.81 bits per heavy atom. The molecule has 184 valence electrons. The van der Waals surface area contributed by atoms with Gasteiger partial charge in [0.15, 0.2) is 0 Å². The summed E-state index contributed by atoms with van der Waals surface area (Å²) in [4.78, 5) is 16.3. The molecule has 2 saturated carbocycles. The van der Waals surface area contributed by atoms with Crippen molar-refractivity contribution in [3.63, 3.8) is 0 Å². The van der Waals surface area contributed by atoms with Crippen molar-refractivity contribution in [1.29, 1.82) is 0 Å². The molecule has 0 spiro atoms. The van der Waals surface area contributed by atoms with Crippen LogP contribution in [-0.2, 0) is 14.1 Å². The summed E-state index contributed by atoms with van der Waals surface area (Å²) in [7, 11) is 3.92. The third-order valence-electron chi connectivity index (χ3n) is 7.42. The standard InChI is InChI=1S/C20H18N4O.C8H13N3/c1-23-11-14(9-22-23)16-10-21-19-18(16)17(13-7-8-13)12-24(20(19)25)15-5-3-2-4-6-15;1-6-3-7(4-6)8-10-9-5-11(8)2/h2-6,9-13,21H,7-8H2,1H3;5-7H,3-4H2,1-2H3. The first-order chi connectivity index (χ1) is 17.5. The Labute approximate surface area is 209 Å². The second-order valence-corrected chi connectivity index (χ2v) is 10.3. The summed E-state index contributed by atoms with van der Waals surface area (Å²) in [5.41, 5.74) is 4.90. The first-order valence-corrected chi connectivity index (χ1v) is 12.6. The lowest BCUT2D eigenvalue weighted by atomic mass is 9.76. The summed E-state index contributed by atoms with van der Waals surface area (Å²) in [6.07, 6.45) is 14.5. The zero-order chi connectivity index (χ0) is 24.8. The van der Waals surface area contributed by atoms with Gasteiger partial charge in [-0.15, -0.1) is 10.2 Å². The fourth-order valence-corrected chi connectivity index (χ4v) is 5.32. The van der Waals surface area contributed by atoms with Gasteiger partial charge < -0.3 is 9.55 Å². The molecule has 2 fully saturated rings. The van der Waals surface area contributed by atoms with Gasteiger partial charge in [-0.1, -0.05) is 25.1 Å². The molecule has 2 aliphatic rings. The first kappa shape index (κ1) is 22.5. The second kappa shape index (κ2) is 8.93. The van der Waals surface area contributed by atoms with E-state index in [1.165, 1.54) is 31.2 Å². The molecule has 36 heavy (non-hydrogen) atoms. The minimum atomic E-state index is -0.0132. The number of H-pyrrole nitrogens is 1. The van der Waals surface area contributed by atoms with Gasteiger partial charge in [0.25, 0.3) is 5.56 Å². The smallest absolute Gasteiger partial charge is 0.279 e. The van der Waals surface area contributed by atoms with Crippen molar-refractivity contribution in [2.24, 2.45) is 20.0 Å². The van der Waals surface area contributed by atoms with Crippen LogP contribution in [0.3, 0.4) is 0 Å². The van der Waals surface area contributed by atoms with Crippen LogP contribution < -0.4 is 5.56 Å². The van der Waals surface area contributed by atoms with E-state index in [1.807, 2.05) is 73.8 Å². The van der Waals surface area contributed by atoms with E-state index in [9.17, 15) is 4.79 Å². The highest BCUT2D eigenvalue weighted by Crippen LogP contribution is 2.45. The Hall–Kier alpha value is -3.94. The van der Waals surface area contributed by atoms with Crippen molar-refractivity contribution >= 4 is 10.9 Å². The lowest BCUT2D eigenvalue weighted by molar-refractivity contribution is 0.273. The number of fused-ring (bicyclic) bond motifs is 1. The van der Waals surface area contributed by atoms with Crippen LogP contribution in [0.2, 0.25) is 0 Å². The summed E-state index contributed by atoms with van der Waals surface area (Å²) in [6, 6.07) is 9.81. The van der Waals surface area contributed by atoms with Gasteiger partial charge in [-0.25, -0.2) is 0 Å². The van der Waals surface area contributed by atoms with Crippen molar-refractivity contribution in [3.8, 4) is 16.8 Å². The number of benzene rings is 1. The van der Waals surface area contributed by atoms with Crippen LogP contribution in [-0.4, -0.2) is 34.1 Å². The lowest BCUT2D eigenvalue weighted by Gasteiger charge is -2.31. The van der Waals surface area contributed by atoms with Crippen LogP contribution in [0.5, 0.6) is 0 Å². The van der Waals surface area contributed by atoms with Crippen molar-refractivity contribution in [1.82, 2.24) is 34.1 Å². The Bertz CT molecular complexity index is 1560. The van der Waals surface area contributed by atoms with Crippen LogP contribution >= 0.6 is 0 Å². The third kappa shape index (κ3) is 4.06. The summed E-state index contributed by atoms with van der Waals surface area (Å²) in [5.74, 6) is 3.25. The molecule has 5 aromatic rings. The maximum absolute atomic E-state index is 13.1. The molecule has 8 nitrogen and oxygen atoms in total. The van der Waals surface area contributed by atoms with E-state index >= 15 is 0 Å². The highest BCUT2D eigenvalue weighted by Gasteiger charge is 2.30. The van der Waals surface area contributed by atoms with Crippen LogP contribution in [0.25, 0.3) is 27.7 Å². The molecule has 0 unspecified atom stereocenters. The van der Waals surface area contributed by atoms with E-state index < -0.39 is 0 Å². The molecule has 1 aromatic carbocycles. The molecule has 0 saturated heterocycles. The van der Waals surface area contributed by atoms with Gasteiger partial charge >= 0.3 is 0 Å². The number of nitrogens with one attached hydrogen (secondary N) is 1. The zero-order valence-electron chi connectivity index (χ0n) is 20.9. The predicted molar refractivity (Wildman–Crippen MR) is 140 cm³/mol. The molecule has 0 bridgehead atoms. The van der Waals surface area contributed by atoms with Crippen molar-refractivity contribution in [2.45, 2.75) is 44.4 Å². The van der Waals surface area contributed by atoms with Crippen LogP contribution in [0.4, 0.5) is 0 Å². The number of aromatic nitrogens is 7. The average Bonchev–Trinajstić information content (AvgIpc) is 3.23. The van der Waals surface area contributed by atoms with E-state index in [-0.39, 0.29) is 5.56 Å². The minimum Gasteiger partial charge on any atom is -0.356 e. The van der Waals surface area contributed by atoms with Gasteiger partial charge in [0, 0.05) is 60.8 Å². The van der Waals surface area contributed by atoms with E-state index in [2.05, 4.69) is 27.2 Å². The number of nitrogens with zero attached hydrogens (tertiary/aromatic N) is 6. The number of hydrogen-bond donors (Lipinski definition) is 1. The number of pyridine rings is 1. The molecule has 0 aliphatic heterocycles. The monoisotopic (exact) mass is 481 g/mol. The third-order valence-corrected chi connectivity index (χ3v) is 7.42. The van der Waals surface area contributed by atoms with Gasteiger partial charge in [-0.05, 0) is 55.2 Å². The van der Waals surface area contributed by atoms with Gasteiger partial charge in [-0.2, -0.15) is 5.10 Å². The van der Waals surface area contributed by atoms with Gasteiger partial charge in [0.2, 0.25) is 0 Å². The van der Waals surface area contributed by atoms with E-state index in [0.717, 1.165) is 33.9 Å². The Balaban J connectivity index is 0.000000183. The molecule has 0 amide bonds. The fourth-order valence-electron chi connectivity index (χ4n) is 5.32. The highest BCUT2D eigenvalue weighted by atomic mass is 16.1. The quantitative estimate of drug-likeness (QED) is 0.395. The second-order valence-electron chi connectivity index (χ2n) is 10.3. The zero-order valence-corrected chi connectivity index (χ0v) is 20.9. The molecule has 4 heterocycles. The molecular weight excluding hydrogens is 450 g/mol. The van der Waals surface area contributed by atoms with E-state index in [1.54, 1.807) is 15.6 Å². The molecule has 4 aromatic heterocycles. The summed E-state index contributed by atoms with van der Waals surface area (Å²) in [5, 5.41) is 13.3. The maximum Gasteiger partial charge on any atom is 0.279 e. The number of para-hydroxylation sites is 1. The molecule has 8 heteroatoms. The predicted octanol–water partition coefficient (Wildman–Crippen LogP) is 4.93. The number of aromatic amines is 1.